The summed E-state index contributed by atoms with van der Waals surface area (Å²) in [7, 11) is 0. The van der Waals surface area contributed by atoms with E-state index >= 15 is 0 Å². The summed E-state index contributed by atoms with van der Waals surface area (Å²) in [4.78, 5) is 25.4. The summed E-state index contributed by atoms with van der Waals surface area (Å²) in [6, 6.07) is 9.39. The van der Waals surface area contributed by atoms with Gasteiger partial charge in [-0.25, -0.2) is 9.97 Å². The van der Waals surface area contributed by atoms with Crippen molar-refractivity contribution in [1.29, 1.82) is 0 Å². The zero-order valence-electron chi connectivity index (χ0n) is 15.2. The Morgan fingerprint density at radius 2 is 1.85 bits per heavy atom. The van der Waals surface area contributed by atoms with Crippen LogP contribution in [0.15, 0.2) is 41.1 Å². The zero-order chi connectivity index (χ0) is 18.6. The van der Waals surface area contributed by atoms with E-state index in [2.05, 4.69) is 30.8 Å². The third kappa shape index (κ3) is 4.40. The van der Waals surface area contributed by atoms with Gasteiger partial charge in [0.15, 0.2) is 0 Å². The lowest BCUT2D eigenvalue weighted by molar-refractivity contribution is 0.0771. The number of carbonyl (C=O) groups excluding carboxylic acids is 1. The van der Waals surface area contributed by atoms with Crippen LogP contribution >= 0.6 is 15.9 Å². The molecule has 1 aromatic carbocycles. The van der Waals surface area contributed by atoms with Crippen molar-refractivity contribution in [3.63, 3.8) is 0 Å². The summed E-state index contributed by atoms with van der Waals surface area (Å²) in [6.07, 6.45) is 6.04. The van der Waals surface area contributed by atoms with Gasteiger partial charge in [0, 0.05) is 42.2 Å². The molecule has 6 nitrogen and oxygen atoms in total. The van der Waals surface area contributed by atoms with Crippen LogP contribution in [0.1, 0.15) is 36.0 Å². The summed E-state index contributed by atoms with van der Waals surface area (Å²) >= 11 is 3.40. The smallest absolute Gasteiger partial charge is 0.253 e. The molecule has 3 heterocycles. The fourth-order valence-corrected chi connectivity index (χ4v) is 3.91. The molecule has 1 amide bonds. The van der Waals surface area contributed by atoms with Gasteiger partial charge in [0.05, 0.1) is 6.54 Å². The number of anilines is 1. The molecule has 0 N–H and O–H groups in total. The predicted molar refractivity (Wildman–Crippen MR) is 107 cm³/mol. The maximum Gasteiger partial charge on any atom is 0.253 e. The maximum absolute atomic E-state index is 12.6. The van der Waals surface area contributed by atoms with Gasteiger partial charge < -0.3 is 14.5 Å². The summed E-state index contributed by atoms with van der Waals surface area (Å²) in [5.41, 5.74) is 0.702. The fourth-order valence-electron chi connectivity index (χ4n) is 3.64. The van der Waals surface area contributed by atoms with Crippen molar-refractivity contribution in [2.24, 2.45) is 0 Å². The number of nitrogens with zero attached hydrogens (tertiary/aromatic N) is 4. The Hall–Kier alpha value is -2.15. The van der Waals surface area contributed by atoms with Gasteiger partial charge in [0.2, 0.25) is 5.88 Å². The van der Waals surface area contributed by atoms with E-state index in [1.807, 2.05) is 35.2 Å². The van der Waals surface area contributed by atoms with Crippen LogP contribution in [-0.4, -0.2) is 53.1 Å². The number of piperidine rings is 1. The molecule has 2 aromatic rings. The van der Waals surface area contributed by atoms with E-state index in [-0.39, 0.29) is 12.0 Å². The molecule has 0 radical (unpaired) electrons. The fraction of sp³-hybridized carbons (Fsp3) is 0.450. The van der Waals surface area contributed by atoms with Crippen molar-refractivity contribution in [1.82, 2.24) is 14.9 Å². The Morgan fingerprint density at radius 3 is 2.63 bits per heavy atom. The van der Waals surface area contributed by atoms with Gasteiger partial charge in [-0.15, -0.1) is 0 Å². The Labute approximate surface area is 167 Å². The van der Waals surface area contributed by atoms with Crippen LogP contribution in [0.25, 0.3) is 0 Å². The first-order valence-corrected chi connectivity index (χ1v) is 10.3. The molecule has 1 aromatic heterocycles. The van der Waals surface area contributed by atoms with E-state index in [4.69, 9.17) is 4.74 Å². The number of benzene rings is 1. The Bertz CT molecular complexity index is 793. The molecule has 2 aliphatic heterocycles. The van der Waals surface area contributed by atoms with E-state index in [1.54, 1.807) is 6.33 Å². The lowest BCUT2D eigenvalue weighted by atomic mass is 10.1. The number of ether oxygens (including phenoxy) is 1. The largest absolute Gasteiger partial charge is 0.472 e. The molecule has 0 aliphatic carbocycles. The van der Waals surface area contributed by atoms with Gasteiger partial charge >= 0.3 is 0 Å². The molecule has 7 heteroatoms. The van der Waals surface area contributed by atoms with Gasteiger partial charge in [-0.05, 0) is 43.5 Å². The molecule has 0 saturated carbocycles. The highest BCUT2D eigenvalue weighted by molar-refractivity contribution is 9.10. The lowest BCUT2D eigenvalue weighted by Gasteiger charge is -2.27. The van der Waals surface area contributed by atoms with E-state index in [0.29, 0.717) is 24.5 Å². The molecule has 1 atom stereocenters. The molecule has 2 aliphatic rings. The van der Waals surface area contributed by atoms with E-state index in [9.17, 15) is 4.79 Å². The number of hydrogen-bond donors (Lipinski definition) is 0. The van der Waals surface area contributed by atoms with Crippen LogP contribution < -0.4 is 9.64 Å². The first kappa shape index (κ1) is 18.2. The molecule has 142 valence electrons. The first-order valence-electron chi connectivity index (χ1n) is 9.47. The lowest BCUT2D eigenvalue weighted by Crippen LogP contribution is -2.31. The molecule has 1 unspecified atom stereocenters. The second kappa shape index (κ2) is 8.25. The molecule has 0 bridgehead atoms. The van der Waals surface area contributed by atoms with E-state index in [1.165, 1.54) is 19.3 Å². The van der Waals surface area contributed by atoms with Gasteiger partial charge in [0.1, 0.15) is 18.2 Å². The third-order valence-electron chi connectivity index (χ3n) is 5.12. The van der Waals surface area contributed by atoms with Gasteiger partial charge in [0.25, 0.3) is 5.91 Å². The summed E-state index contributed by atoms with van der Waals surface area (Å²) < 4.78 is 7.03. The average Bonchev–Trinajstić information content (AvgIpc) is 3.17. The predicted octanol–water partition coefficient (Wildman–Crippen LogP) is 3.52. The second-order valence-corrected chi connectivity index (χ2v) is 7.96. The number of carbonyl (C=O) groups is 1. The topological polar surface area (TPSA) is 58.6 Å². The monoisotopic (exact) mass is 430 g/mol. The quantitative estimate of drug-likeness (QED) is 0.742. The minimum Gasteiger partial charge on any atom is -0.472 e. The Morgan fingerprint density at radius 1 is 1.07 bits per heavy atom. The summed E-state index contributed by atoms with van der Waals surface area (Å²) in [6.45, 7) is 3.35. The summed E-state index contributed by atoms with van der Waals surface area (Å²) in [5, 5.41) is 0. The number of rotatable bonds is 4. The SMILES string of the molecule is O=C(c1ccc(Br)cc1)N1CCC(Oc2cc(N3CCCCC3)ncn2)C1. The number of amides is 1. The highest BCUT2D eigenvalue weighted by atomic mass is 79.9. The van der Waals surface area contributed by atoms with Crippen molar-refractivity contribution in [2.75, 3.05) is 31.1 Å². The maximum atomic E-state index is 12.6. The molecule has 2 fully saturated rings. The van der Waals surface area contributed by atoms with Crippen molar-refractivity contribution in [3.8, 4) is 5.88 Å². The van der Waals surface area contributed by atoms with Gasteiger partial charge in [-0.2, -0.15) is 0 Å². The van der Waals surface area contributed by atoms with E-state index in [0.717, 1.165) is 29.8 Å². The van der Waals surface area contributed by atoms with Crippen molar-refractivity contribution < 1.29 is 9.53 Å². The average molecular weight is 431 g/mol. The van der Waals surface area contributed by atoms with Crippen LogP contribution in [0, 0.1) is 0 Å². The molecular weight excluding hydrogens is 408 g/mol. The minimum absolute atomic E-state index is 0.0338. The van der Waals surface area contributed by atoms with Gasteiger partial charge in [-0.1, -0.05) is 15.9 Å². The molecule has 4 rings (SSSR count). The van der Waals surface area contributed by atoms with Crippen LogP contribution in [0.5, 0.6) is 5.88 Å². The standard InChI is InChI=1S/C20H23BrN4O2/c21-16-6-4-15(5-7-16)20(26)25-11-8-17(13-25)27-19-12-18(22-14-23-19)24-9-2-1-3-10-24/h4-7,12,14,17H,1-3,8-11,13H2. The molecule has 27 heavy (non-hydrogen) atoms. The minimum atomic E-state index is -0.0338. The highest BCUT2D eigenvalue weighted by Gasteiger charge is 2.28. The molecule has 2 saturated heterocycles. The van der Waals surface area contributed by atoms with Crippen LogP contribution in [-0.2, 0) is 0 Å². The van der Waals surface area contributed by atoms with Crippen LogP contribution in [0.2, 0.25) is 0 Å². The number of halogens is 1. The zero-order valence-corrected chi connectivity index (χ0v) is 16.8. The number of likely N-dealkylation sites (tertiary alicyclic amines) is 1. The van der Waals surface area contributed by atoms with Crippen LogP contribution in [0.4, 0.5) is 5.82 Å². The van der Waals surface area contributed by atoms with Crippen molar-refractivity contribution in [2.45, 2.75) is 31.8 Å². The normalized spacial score (nSPS) is 20.0. The number of hydrogen-bond acceptors (Lipinski definition) is 5. The first-order chi connectivity index (χ1) is 13.2. The van der Waals surface area contributed by atoms with Crippen molar-refractivity contribution in [3.05, 3.63) is 46.7 Å². The van der Waals surface area contributed by atoms with Crippen molar-refractivity contribution >= 4 is 27.7 Å². The number of aromatic nitrogens is 2. The highest BCUT2D eigenvalue weighted by Crippen LogP contribution is 2.23. The molecular formula is C20H23BrN4O2. The Kier molecular flexibility index (Phi) is 5.57. The van der Waals surface area contributed by atoms with Gasteiger partial charge in [-0.3, -0.25) is 4.79 Å². The second-order valence-electron chi connectivity index (χ2n) is 7.05. The third-order valence-corrected chi connectivity index (χ3v) is 5.65. The summed E-state index contributed by atoms with van der Waals surface area (Å²) in [5.74, 6) is 1.57. The molecule has 0 spiro atoms. The Balaban J connectivity index is 1.37. The van der Waals surface area contributed by atoms with Crippen LogP contribution in [0.3, 0.4) is 0 Å². The van der Waals surface area contributed by atoms with E-state index < -0.39 is 0 Å².